The third kappa shape index (κ3) is 2.80. The summed E-state index contributed by atoms with van der Waals surface area (Å²) in [7, 11) is 0. The molecule has 0 unspecified atom stereocenters. The molecule has 0 radical (unpaired) electrons. The van der Waals surface area contributed by atoms with Crippen LogP contribution in [0.25, 0.3) is 0 Å². The number of halogens is 1. The molecule has 0 atom stereocenters. The van der Waals surface area contributed by atoms with Crippen molar-refractivity contribution in [2.24, 2.45) is 0 Å². The molecule has 92 valence electrons. The van der Waals surface area contributed by atoms with Crippen LogP contribution < -0.4 is 0 Å². The van der Waals surface area contributed by atoms with Gasteiger partial charge in [-0.25, -0.2) is 0 Å². The fourth-order valence-corrected chi connectivity index (χ4v) is 2.84. The summed E-state index contributed by atoms with van der Waals surface area (Å²) in [6, 6.07) is 15.4. The standard InChI is InChI=1S/C16H15IO/c1-2-7-12-10-6-11-14(15(12)17)16(18)13-8-4-3-5-9-13/h3-6,8-11H,2,7H2,1H3. The first-order valence-electron chi connectivity index (χ1n) is 6.11. The Morgan fingerprint density at radius 1 is 1.06 bits per heavy atom. The van der Waals surface area contributed by atoms with E-state index >= 15 is 0 Å². The molecule has 0 spiro atoms. The van der Waals surface area contributed by atoms with Gasteiger partial charge in [-0.3, -0.25) is 4.79 Å². The van der Waals surface area contributed by atoms with Crippen molar-refractivity contribution >= 4 is 28.4 Å². The number of hydrogen-bond acceptors (Lipinski definition) is 1. The lowest BCUT2D eigenvalue weighted by molar-refractivity contribution is 0.103. The minimum atomic E-state index is 0.109. The van der Waals surface area contributed by atoms with Crippen LogP contribution in [0.4, 0.5) is 0 Å². The van der Waals surface area contributed by atoms with Crippen LogP contribution >= 0.6 is 22.6 Å². The van der Waals surface area contributed by atoms with Gasteiger partial charge in [0.15, 0.2) is 5.78 Å². The van der Waals surface area contributed by atoms with Crippen molar-refractivity contribution in [3.05, 3.63) is 68.8 Å². The fraction of sp³-hybridized carbons (Fsp3) is 0.188. The first kappa shape index (κ1) is 13.3. The van der Waals surface area contributed by atoms with Crippen LogP contribution in [0.15, 0.2) is 48.5 Å². The Labute approximate surface area is 121 Å². The molecular weight excluding hydrogens is 335 g/mol. The summed E-state index contributed by atoms with van der Waals surface area (Å²) >= 11 is 2.29. The normalized spacial score (nSPS) is 10.3. The van der Waals surface area contributed by atoms with Crippen LogP contribution in [-0.4, -0.2) is 5.78 Å². The molecule has 0 aliphatic heterocycles. The molecular formula is C16H15IO. The zero-order valence-electron chi connectivity index (χ0n) is 10.3. The Bertz CT molecular complexity index is 546. The van der Waals surface area contributed by atoms with Crippen LogP contribution in [0.5, 0.6) is 0 Å². The van der Waals surface area contributed by atoms with Crippen molar-refractivity contribution < 1.29 is 4.79 Å². The van der Waals surface area contributed by atoms with Gasteiger partial charge in [0.05, 0.1) is 0 Å². The molecule has 18 heavy (non-hydrogen) atoms. The maximum atomic E-state index is 12.4. The third-order valence-electron chi connectivity index (χ3n) is 2.88. The van der Waals surface area contributed by atoms with E-state index in [1.807, 2.05) is 42.5 Å². The van der Waals surface area contributed by atoms with Crippen LogP contribution in [0.1, 0.15) is 34.8 Å². The average Bonchev–Trinajstić information content (AvgIpc) is 2.42. The number of rotatable bonds is 4. The van der Waals surface area contributed by atoms with E-state index in [1.165, 1.54) is 5.56 Å². The van der Waals surface area contributed by atoms with Gasteiger partial charge in [0.1, 0.15) is 0 Å². The number of aryl methyl sites for hydroxylation is 1. The number of hydrogen-bond donors (Lipinski definition) is 0. The lowest BCUT2D eigenvalue weighted by Gasteiger charge is -2.08. The molecule has 0 saturated heterocycles. The third-order valence-corrected chi connectivity index (χ3v) is 4.15. The van der Waals surface area contributed by atoms with E-state index in [4.69, 9.17) is 0 Å². The van der Waals surface area contributed by atoms with E-state index < -0.39 is 0 Å². The SMILES string of the molecule is CCCc1cccc(C(=O)c2ccccc2)c1I. The molecule has 2 aromatic rings. The number of benzene rings is 2. The highest BCUT2D eigenvalue weighted by Crippen LogP contribution is 2.21. The van der Waals surface area contributed by atoms with Crippen LogP contribution in [0.2, 0.25) is 0 Å². The Morgan fingerprint density at radius 2 is 1.78 bits per heavy atom. The summed E-state index contributed by atoms with van der Waals surface area (Å²) in [5, 5.41) is 0. The number of ketones is 1. The van der Waals surface area contributed by atoms with Gasteiger partial charge in [-0.1, -0.05) is 55.8 Å². The summed E-state index contributed by atoms with van der Waals surface area (Å²) < 4.78 is 1.09. The maximum Gasteiger partial charge on any atom is 0.194 e. The van der Waals surface area contributed by atoms with Crippen molar-refractivity contribution in [2.75, 3.05) is 0 Å². The van der Waals surface area contributed by atoms with Gasteiger partial charge in [-0.15, -0.1) is 0 Å². The largest absolute Gasteiger partial charge is 0.289 e. The van der Waals surface area contributed by atoms with Gasteiger partial charge in [-0.2, -0.15) is 0 Å². The van der Waals surface area contributed by atoms with E-state index in [2.05, 4.69) is 35.6 Å². The molecule has 0 aromatic heterocycles. The summed E-state index contributed by atoms with van der Waals surface area (Å²) in [5.41, 5.74) is 2.83. The second kappa shape index (κ2) is 6.14. The molecule has 1 nitrogen and oxygen atoms in total. The van der Waals surface area contributed by atoms with Crippen molar-refractivity contribution in [2.45, 2.75) is 19.8 Å². The van der Waals surface area contributed by atoms with Gasteiger partial charge in [0.25, 0.3) is 0 Å². The molecule has 0 amide bonds. The van der Waals surface area contributed by atoms with Crippen molar-refractivity contribution in [1.82, 2.24) is 0 Å². The van der Waals surface area contributed by atoms with E-state index in [1.54, 1.807) is 0 Å². The molecule has 0 heterocycles. The predicted octanol–water partition coefficient (Wildman–Crippen LogP) is 4.47. The second-order valence-electron chi connectivity index (χ2n) is 4.22. The quantitative estimate of drug-likeness (QED) is 0.587. The smallest absolute Gasteiger partial charge is 0.194 e. The first-order valence-corrected chi connectivity index (χ1v) is 7.19. The molecule has 0 N–H and O–H groups in total. The maximum absolute atomic E-state index is 12.4. The predicted molar refractivity (Wildman–Crippen MR) is 83.0 cm³/mol. The molecule has 0 aliphatic rings. The number of carbonyl (C=O) groups is 1. The van der Waals surface area contributed by atoms with Crippen molar-refractivity contribution in [3.63, 3.8) is 0 Å². The summed E-state index contributed by atoms with van der Waals surface area (Å²) in [5.74, 6) is 0.109. The highest BCUT2D eigenvalue weighted by molar-refractivity contribution is 14.1. The Morgan fingerprint density at radius 3 is 2.44 bits per heavy atom. The molecule has 0 saturated carbocycles. The van der Waals surface area contributed by atoms with E-state index in [9.17, 15) is 4.79 Å². The zero-order valence-corrected chi connectivity index (χ0v) is 12.5. The van der Waals surface area contributed by atoms with Gasteiger partial charge >= 0.3 is 0 Å². The monoisotopic (exact) mass is 350 g/mol. The Hall–Kier alpha value is -1.16. The van der Waals surface area contributed by atoms with Gasteiger partial charge in [-0.05, 0) is 40.6 Å². The Kier molecular flexibility index (Phi) is 4.53. The fourth-order valence-electron chi connectivity index (χ4n) is 1.96. The molecule has 0 aliphatic carbocycles. The van der Waals surface area contributed by atoms with Crippen molar-refractivity contribution in [1.29, 1.82) is 0 Å². The molecule has 2 rings (SSSR count). The van der Waals surface area contributed by atoms with Crippen molar-refractivity contribution in [3.8, 4) is 0 Å². The van der Waals surface area contributed by atoms with E-state index in [0.717, 1.165) is 27.5 Å². The Balaban J connectivity index is 2.40. The van der Waals surface area contributed by atoms with E-state index in [0.29, 0.717) is 0 Å². The molecule has 0 fully saturated rings. The average molecular weight is 350 g/mol. The summed E-state index contributed by atoms with van der Waals surface area (Å²) in [4.78, 5) is 12.4. The molecule has 0 bridgehead atoms. The first-order chi connectivity index (χ1) is 8.74. The lowest BCUT2D eigenvalue weighted by atomic mass is 10.00. The highest BCUT2D eigenvalue weighted by Gasteiger charge is 2.13. The zero-order chi connectivity index (χ0) is 13.0. The summed E-state index contributed by atoms with van der Waals surface area (Å²) in [6.45, 7) is 2.15. The van der Waals surface area contributed by atoms with Gasteiger partial charge < -0.3 is 0 Å². The molecule has 2 aromatic carbocycles. The second-order valence-corrected chi connectivity index (χ2v) is 5.30. The van der Waals surface area contributed by atoms with Crippen LogP contribution in [0.3, 0.4) is 0 Å². The lowest BCUT2D eigenvalue weighted by Crippen LogP contribution is -2.05. The minimum Gasteiger partial charge on any atom is -0.289 e. The molecule has 2 heteroatoms. The van der Waals surface area contributed by atoms with Crippen LogP contribution in [0, 0.1) is 3.57 Å². The topological polar surface area (TPSA) is 17.1 Å². The number of carbonyl (C=O) groups excluding carboxylic acids is 1. The van der Waals surface area contributed by atoms with Crippen LogP contribution in [-0.2, 0) is 6.42 Å². The van der Waals surface area contributed by atoms with Gasteiger partial charge in [0.2, 0.25) is 0 Å². The van der Waals surface area contributed by atoms with E-state index in [-0.39, 0.29) is 5.78 Å². The highest BCUT2D eigenvalue weighted by atomic mass is 127. The minimum absolute atomic E-state index is 0.109. The van der Waals surface area contributed by atoms with Gasteiger partial charge in [0, 0.05) is 14.7 Å². The summed E-state index contributed by atoms with van der Waals surface area (Å²) in [6.07, 6.45) is 2.12.